The van der Waals surface area contributed by atoms with E-state index < -0.39 is 0 Å². The third kappa shape index (κ3) is 2.97. The Balaban J connectivity index is 1.65. The molecule has 2 nitrogen and oxygen atoms in total. The van der Waals surface area contributed by atoms with Crippen molar-refractivity contribution in [3.8, 4) is 11.1 Å². The molecule has 1 aliphatic heterocycles. The lowest BCUT2D eigenvalue weighted by Gasteiger charge is -2.32. The van der Waals surface area contributed by atoms with Crippen molar-refractivity contribution in [2.24, 2.45) is 0 Å². The van der Waals surface area contributed by atoms with E-state index in [1.165, 1.54) is 32.7 Å². The lowest BCUT2D eigenvalue weighted by Crippen LogP contribution is -2.41. The fraction of sp³-hybridized carbons (Fsp3) is 0.231. The van der Waals surface area contributed by atoms with Crippen molar-refractivity contribution in [2.45, 2.75) is 38.9 Å². The Bertz CT molecular complexity index is 1210. The average molecular weight is 380 g/mol. The molecule has 0 saturated carbocycles. The minimum absolute atomic E-state index is 0.351. The zero-order valence-electron chi connectivity index (χ0n) is 17.4. The van der Waals surface area contributed by atoms with Gasteiger partial charge in [0.25, 0.3) is 0 Å². The summed E-state index contributed by atoms with van der Waals surface area (Å²) >= 11 is 0. The number of hydrogen-bond acceptors (Lipinski definition) is 2. The van der Waals surface area contributed by atoms with Crippen LogP contribution in [0.5, 0.6) is 0 Å². The minimum Gasteiger partial charge on any atom is -0.399 e. The topological polar surface area (TPSA) is 18.5 Å². The third-order valence-electron chi connectivity index (χ3n) is 6.52. The van der Waals surface area contributed by atoms with Gasteiger partial charge in [0.05, 0.1) is 11.2 Å². The lowest BCUT2D eigenvalue weighted by molar-refractivity contribution is 0.00578. The largest absolute Gasteiger partial charge is 0.495 e. The Labute approximate surface area is 172 Å². The monoisotopic (exact) mass is 380 g/mol. The molecule has 0 N–H and O–H groups in total. The van der Waals surface area contributed by atoms with Crippen LogP contribution in [0.15, 0.2) is 78.9 Å². The van der Waals surface area contributed by atoms with Gasteiger partial charge in [-0.05, 0) is 71.9 Å². The fourth-order valence-electron chi connectivity index (χ4n) is 4.12. The molecule has 0 radical (unpaired) electrons. The molecule has 0 atom stereocenters. The SMILES string of the molecule is CC1(C)OB(c2cccc3c(-c4ccc5ccccc5c4)cccc23)OC1(C)C. The molecule has 0 bridgehead atoms. The highest BCUT2D eigenvalue weighted by Gasteiger charge is 2.52. The van der Waals surface area contributed by atoms with Crippen molar-refractivity contribution in [1.29, 1.82) is 0 Å². The quantitative estimate of drug-likeness (QED) is 0.400. The molecule has 4 aromatic carbocycles. The Morgan fingerprint density at radius 2 is 1.28 bits per heavy atom. The summed E-state index contributed by atoms with van der Waals surface area (Å²) in [5.41, 5.74) is 2.83. The van der Waals surface area contributed by atoms with E-state index in [0.29, 0.717) is 0 Å². The molecule has 4 aromatic rings. The van der Waals surface area contributed by atoms with Gasteiger partial charge in [-0.3, -0.25) is 0 Å². The van der Waals surface area contributed by atoms with E-state index >= 15 is 0 Å². The highest BCUT2D eigenvalue weighted by Crippen LogP contribution is 2.37. The van der Waals surface area contributed by atoms with Crippen LogP contribution in [0, 0.1) is 0 Å². The first-order valence-corrected chi connectivity index (χ1v) is 10.2. The highest BCUT2D eigenvalue weighted by atomic mass is 16.7. The van der Waals surface area contributed by atoms with Crippen LogP contribution < -0.4 is 5.46 Å². The van der Waals surface area contributed by atoms with Gasteiger partial charge in [0.15, 0.2) is 0 Å². The van der Waals surface area contributed by atoms with E-state index in [2.05, 4.69) is 107 Å². The van der Waals surface area contributed by atoms with Gasteiger partial charge in [0.1, 0.15) is 0 Å². The molecule has 1 aliphatic rings. The van der Waals surface area contributed by atoms with Crippen molar-refractivity contribution < 1.29 is 9.31 Å². The molecule has 1 fully saturated rings. The maximum absolute atomic E-state index is 6.34. The predicted molar refractivity (Wildman–Crippen MR) is 123 cm³/mol. The summed E-state index contributed by atoms with van der Waals surface area (Å²) in [6, 6.07) is 28.1. The fourth-order valence-corrected chi connectivity index (χ4v) is 4.12. The van der Waals surface area contributed by atoms with Crippen LogP contribution >= 0.6 is 0 Å². The standard InChI is InChI=1S/C26H25BO2/c1-25(2)26(3,4)29-27(28-25)24-14-8-12-22-21(11-7-13-23(22)24)20-16-15-18-9-5-6-10-19(18)17-20/h5-17H,1-4H3. The van der Waals surface area contributed by atoms with Crippen molar-refractivity contribution >= 4 is 34.1 Å². The van der Waals surface area contributed by atoms with Gasteiger partial charge >= 0.3 is 7.12 Å². The van der Waals surface area contributed by atoms with Crippen LogP contribution in [0.3, 0.4) is 0 Å². The maximum Gasteiger partial charge on any atom is 0.495 e. The summed E-state index contributed by atoms with van der Waals surface area (Å²) in [5, 5.41) is 4.91. The van der Waals surface area contributed by atoms with E-state index in [4.69, 9.17) is 9.31 Å². The summed E-state index contributed by atoms with van der Waals surface area (Å²) in [7, 11) is -0.365. The van der Waals surface area contributed by atoms with Gasteiger partial charge in [-0.1, -0.05) is 72.8 Å². The van der Waals surface area contributed by atoms with E-state index in [1.807, 2.05) is 0 Å². The van der Waals surface area contributed by atoms with Crippen LogP contribution in [0.25, 0.3) is 32.7 Å². The molecule has 1 heterocycles. The molecule has 0 aromatic heterocycles. The molecule has 0 spiro atoms. The van der Waals surface area contributed by atoms with Crippen LogP contribution in [0.2, 0.25) is 0 Å². The number of rotatable bonds is 2. The first-order valence-electron chi connectivity index (χ1n) is 10.2. The molecule has 0 amide bonds. The van der Waals surface area contributed by atoms with Gasteiger partial charge in [-0.2, -0.15) is 0 Å². The summed E-state index contributed by atoms with van der Waals surface area (Å²) in [6.45, 7) is 8.38. The zero-order chi connectivity index (χ0) is 20.2. The third-order valence-corrected chi connectivity index (χ3v) is 6.52. The second-order valence-corrected chi connectivity index (χ2v) is 8.90. The van der Waals surface area contributed by atoms with Gasteiger partial charge in [-0.15, -0.1) is 0 Å². The number of benzene rings is 4. The molecule has 3 heteroatoms. The van der Waals surface area contributed by atoms with Gasteiger partial charge < -0.3 is 9.31 Å². The average Bonchev–Trinajstić information content (AvgIpc) is 2.93. The Kier molecular flexibility index (Phi) is 4.09. The van der Waals surface area contributed by atoms with Crippen LogP contribution in [0.4, 0.5) is 0 Å². The van der Waals surface area contributed by atoms with Crippen LogP contribution in [-0.2, 0) is 9.31 Å². The second kappa shape index (κ2) is 6.45. The maximum atomic E-state index is 6.34. The van der Waals surface area contributed by atoms with E-state index in [0.717, 1.165) is 5.46 Å². The van der Waals surface area contributed by atoms with Gasteiger partial charge in [0, 0.05) is 0 Å². The predicted octanol–water partition coefficient (Wildman–Crippen LogP) is 5.96. The molecule has 144 valence electrons. The van der Waals surface area contributed by atoms with Gasteiger partial charge in [0.2, 0.25) is 0 Å². The van der Waals surface area contributed by atoms with Crippen LogP contribution in [0.1, 0.15) is 27.7 Å². The molecule has 0 aliphatic carbocycles. The molecule has 5 rings (SSSR count). The Morgan fingerprint density at radius 1 is 0.621 bits per heavy atom. The van der Waals surface area contributed by atoms with Gasteiger partial charge in [-0.25, -0.2) is 0 Å². The highest BCUT2D eigenvalue weighted by molar-refractivity contribution is 6.65. The first-order chi connectivity index (χ1) is 13.9. The molecular formula is C26H25BO2. The normalized spacial score (nSPS) is 17.9. The van der Waals surface area contributed by atoms with E-state index in [9.17, 15) is 0 Å². The van der Waals surface area contributed by atoms with Crippen molar-refractivity contribution in [3.05, 3.63) is 78.9 Å². The summed E-state index contributed by atoms with van der Waals surface area (Å²) in [5.74, 6) is 0. The number of hydrogen-bond donors (Lipinski definition) is 0. The number of fused-ring (bicyclic) bond motifs is 2. The summed E-state index contributed by atoms with van der Waals surface area (Å²) in [4.78, 5) is 0. The molecule has 29 heavy (non-hydrogen) atoms. The summed E-state index contributed by atoms with van der Waals surface area (Å²) in [6.07, 6.45) is 0. The van der Waals surface area contributed by atoms with E-state index in [1.54, 1.807) is 0 Å². The Morgan fingerprint density at radius 3 is 2.03 bits per heavy atom. The van der Waals surface area contributed by atoms with Crippen molar-refractivity contribution in [1.82, 2.24) is 0 Å². The van der Waals surface area contributed by atoms with E-state index in [-0.39, 0.29) is 18.3 Å². The van der Waals surface area contributed by atoms with Crippen molar-refractivity contribution in [3.63, 3.8) is 0 Å². The smallest absolute Gasteiger partial charge is 0.399 e. The second-order valence-electron chi connectivity index (χ2n) is 8.90. The lowest BCUT2D eigenvalue weighted by atomic mass is 9.75. The molecule has 0 unspecified atom stereocenters. The molecular weight excluding hydrogens is 355 g/mol. The van der Waals surface area contributed by atoms with Crippen LogP contribution in [-0.4, -0.2) is 18.3 Å². The Hall–Kier alpha value is -2.62. The van der Waals surface area contributed by atoms with Crippen molar-refractivity contribution in [2.75, 3.05) is 0 Å². The minimum atomic E-state index is -0.365. The first kappa shape index (κ1) is 18.4. The zero-order valence-corrected chi connectivity index (χ0v) is 17.4. The molecule has 1 saturated heterocycles. The summed E-state index contributed by atoms with van der Waals surface area (Å²) < 4.78 is 12.7.